The number of benzene rings is 2. The number of carbonyl (C=O) groups excluding carboxylic acids is 2. The normalized spacial score (nSPS) is 10.5. The van der Waals surface area contributed by atoms with Gasteiger partial charge in [0.15, 0.2) is 0 Å². The van der Waals surface area contributed by atoms with Gasteiger partial charge in [-0.25, -0.2) is 0 Å². The standard InChI is InChI=1S/C19H18N4O2/c1-13-4-3-5-18(10-13)23-19(25)15(11-20)12-21-16-6-8-17(9-7-16)22-14(2)24/h3-10,12,21H,1-2H3,(H,22,24)(H,23,25)/b15-12-. The molecule has 2 amide bonds. The highest BCUT2D eigenvalue weighted by Crippen LogP contribution is 2.14. The number of rotatable bonds is 5. The van der Waals surface area contributed by atoms with Crippen LogP contribution in [0.3, 0.4) is 0 Å². The summed E-state index contributed by atoms with van der Waals surface area (Å²) >= 11 is 0. The molecule has 3 N–H and O–H groups in total. The van der Waals surface area contributed by atoms with Crippen molar-refractivity contribution in [1.82, 2.24) is 0 Å². The van der Waals surface area contributed by atoms with Crippen molar-refractivity contribution in [1.29, 1.82) is 5.26 Å². The van der Waals surface area contributed by atoms with Crippen LogP contribution in [0, 0.1) is 18.3 Å². The fourth-order valence-electron chi connectivity index (χ4n) is 2.08. The summed E-state index contributed by atoms with van der Waals surface area (Å²) in [6.07, 6.45) is 1.35. The van der Waals surface area contributed by atoms with Crippen LogP contribution in [0.5, 0.6) is 0 Å². The van der Waals surface area contributed by atoms with E-state index < -0.39 is 5.91 Å². The van der Waals surface area contributed by atoms with E-state index in [2.05, 4.69) is 16.0 Å². The van der Waals surface area contributed by atoms with Gasteiger partial charge in [-0.1, -0.05) is 12.1 Å². The Labute approximate surface area is 146 Å². The summed E-state index contributed by atoms with van der Waals surface area (Å²) in [4.78, 5) is 23.1. The number of hydrogen-bond acceptors (Lipinski definition) is 4. The molecule has 0 aliphatic carbocycles. The second-order valence-corrected chi connectivity index (χ2v) is 5.40. The molecule has 0 aromatic heterocycles. The van der Waals surface area contributed by atoms with E-state index in [9.17, 15) is 14.9 Å². The second-order valence-electron chi connectivity index (χ2n) is 5.40. The summed E-state index contributed by atoms with van der Waals surface area (Å²) in [5.74, 6) is -0.643. The smallest absolute Gasteiger partial charge is 0.267 e. The number of nitriles is 1. The Morgan fingerprint density at radius 2 is 1.68 bits per heavy atom. The lowest BCUT2D eigenvalue weighted by Crippen LogP contribution is -2.14. The highest BCUT2D eigenvalue weighted by Gasteiger charge is 2.09. The molecule has 2 aromatic rings. The highest BCUT2D eigenvalue weighted by atomic mass is 16.2. The zero-order chi connectivity index (χ0) is 18.2. The molecule has 126 valence electrons. The first kappa shape index (κ1) is 17.8. The number of aryl methyl sites for hydroxylation is 1. The minimum Gasteiger partial charge on any atom is -0.360 e. The van der Waals surface area contributed by atoms with Crippen molar-refractivity contribution < 1.29 is 9.59 Å². The summed E-state index contributed by atoms with van der Waals surface area (Å²) < 4.78 is 0. The van der Waals surface area contributed by atoms with Gasteiger partial charge >= 0.3 is 0 Å². The molecule has 0 unspecified atom stereocenters. The Morgan fingerprint density at radius 1 is 1.00 bits per heavy atom. The maximum Gasteiger partial charge on any atom is 0.267 e. The lowest BCUT2D eigenvalue weighted by Gasteiger charge is -2.07. The number of nitrogens with zero attached hydrogens (tertiary/aromatic N) is 1. The molecule has 0 saturated carbocycles. The molecular weight excluding hydrogens is 316 g/mol. The summed E-state index contributed by atoms with van der Waals surface area (Å²) in [5, 5.41) is 17.4. The quantitative estimate of drug-likeness (QED) is 0.577. The van der Waals surface area contributed by atoms with Gasteiger partial charge in [0.2, 0.25) is 5.91 Å². The van der Waals surface area contributed by atoms with Crippen LogP contribution in [0.2, 0.25) is 0 Å². The largest absolute Gasteiger partial charge is 0.360 e. The second kappa shape index (κ2) is 8.31. The fourth-order valence-corrected chi connectivity index (χ4v) is 2.08. The Bertz CT molecular complexity index is 848. The van der Waals surface area contributed by atoms with Gasteiger partial charge in [0.05, 0.1) is 0 Å². The van der Waals surface area contributed by atoms with Gasteiger partial charge in [0.1, 0.15) is 11.6 Å². The van der Waals surface area contributed by atoms with Crippen LogP contribution in [-0.4, -0.2) is 11.8 Å². The molecule has 0 atom stereocenters. The van der Waals surface area contributed by atoms with Crippen molar-refractivity contribution >= 4 is 28.9 Å². The van der Waals surface area contributed by atoms with E-state index in [4.69, 9.17) is 0 Å². The molecule has 0 aliphatic heterocycles. The average molecular weight is 334 g/mol. The van der Waals surface area contributed by atoms with Gasteiger partial charge < -0.3 is 16.0 Å². The van der Waals surface area contributed by atoms with Crippen LogP contribution < -0.4 is 16.0 Å². The minimum atomic E-state index is -0.490. The molecular formula is C19H18N4O2. The zero-order valence-electron chi connectivity index (χ0n) is 14.0. The summed E-state index contributed by atoms with van der Waals surface area (Å²) in [6, 6.07) is 16.1. The molecule has 0 aliphatic rings. The maximum absolute atomic E-state index is 12.2. The Hall–Kier alpha value is -3.59. The van der Waals surface area contributed by atoms with E-state index in [1.54, 1.807) is 30.3 Å². The average Bonchev–Trinajstić information content (AvgIpc) is 2.56. The molecule has 0 spiro atoms. The third-order valence-electron chi connectivity index (χ3n) is 3.23. The minimum absolute atomic E-state index is 0.0487. The lowest BCUT2D eigenvalue weighted by atomic mass is 10.2. The van der Waals surface area contributed by atoms with E-state index in [1.165, 1.54) is 13.1 Å². The molecule has 25 heavy (non-hydrogen) atoms. The lowest BCUT2D eigenvalue weighted by molar-refractivity contribution is -0.114. The summed E-state index contributed by atoms with van der Waals surface area (Å²) in [7, 11) is 0. The van der Waals surface area contributed by atoms with Gasteiger partial charge in [-0.2, -0.15) is 5.26 Å². The molecule has 2 rings (SSSR count). The van der Waals surface area contributed by atoms with Crippen molar-refractivity contribution in [3.05, 3.63) is 65.9 Å². The molecule has 6 nitrogen and oxygen atoms in total. The van der Waals surface area contributed by atoms with E-state index >= 15 is 0 Å². The van der Waals surface area contributed by atoms with E-state index in [-0.39, 0.29) is 11.5 Å². The van der Waals surface area contributed by atoms with E-state index in [0.29, 0.717) is 17.1 Å². The van der Waals surface area contributed by atoms with Crippen LogP contribution in [0.15, 0.2) is 60.3 Å². The van der Waals surface area contributed by atoms with E-state index in [1.807, 2.05) is 31.2 Å². The molecule has 0 radical (unpaired) electrons. The molecule has 6 heteroatoms. The molecule has 2 aromatic carbocycles. The zero-order valence-corrected chi connectivity index (χ0v) is 14.0. The van der Waals surface area contributed by atoms with Crippen molar-refractivity contribution in [3.8, 4) is 6.07 Å². The van der Waals surface area contributed by atoms with Gasteiger partial charge in [-0.05, 0) is 48.9 Å². The molecule has 0 fully saturated rings. The van der Waals surface area contributed by atoms with E-state index in [0.717, 1.165) is 5.56 Å². The first-order chi connectivity index (χ1) is 12.0. The van der Waals surface area contributed by atoms with Crippen LogP contribution in [0.4, 0.5) is 17.1 Å². The van der Waals surface area contributed by atoms with Crippen molar-refractivity contribution in [3.63, 3.8) is 0 Å². The number of carbonyl (C=O) groups is 2. The van der Waals surface area contributed by atoms with Crippen molar-refractivity contribution in [2.24, 2.45) is 0 Å². The van der Waals surface area contributed by atoms with Crippen LogP contribution in [0.1, 0.15) is 12.5 Å². The van der Waals surface area contributed by atoms with Crippen molar-refractivity contribution in [2.45, 2.75) is 13.8 Å². The van der Waals surface area contributed by atoms with Crippen LogP contribution >= 0.6 is 0 Å². The third kappa shape index (κ3) is 5.52. The Balaban J connectivity index is 2.03. The monoisotopic (exact) mass is 334 g/mol. The van der Waals surface area contributed by atoms with Crippen molar-refractivity contribution in [2.75, 3.05) is 16.0 Å². The maximum atomic E-state index is 12.2. The Kier molecular flexibility index (Phi) is 5.91. The predicted octanol–water partition coefficient (Wildman–Crippen LogP) is 3.41. The van der Waals surface area contributed by atoms with Gasteiger partial charge in [0.25, 0.3) is 5.91 Å². The van der Waals surface area contributed by atoms with Crippen LogP contribution in [0.25, 0.3) is 0 Å². The van der Waals surface area contributed by atoms with Crippen LogP contribution in [-0.2, 0) is 9.59 Å². The molecule has 0 saturated heterocycles. The Morgan fingerprint density at radius 3 is 2.28 bits per heavy atom. The number of hydrogen-bond donors (Lipinski definition) is 3. The first-order valence-electron chi connectivity index (χ1n) is 7.60. The number of amides is 2. The number of nitrogens with one attached hydrogen (secondary N) is 3. The SMILES string of the molecule is CC(=O)Nc1ccc(N/C=C(/C#N)C(=O)Nc2cccc(C)c2)cc1. The molecule has 0 bridgehead atoms. The van der Waals surface area contributed by atoms with Gasteiger partial charge in [0, 0.05) is 30.2 Å². The third-order valence-corrected chi connectivity index (χ3v) is 3.23. The molecule has 0 heterocycles. The number of anilines is 3. The van der Waals surface area contributed by atoms with Gasteiger partial charge in [-0.3, -0.25) is 9.59 Å². The summed E-state index contributed by atoms with van der Waals surface area (Å²) in [5.41, 5.74) is 2.95. The highest BCUT2D eigenvalue weighted by molar-refractivity contribution is 6.06. The predicted molar refractivity (Wildman–Crippen MR) is 97.9 cm³/mol. The fraction of sp³-hybridized carbons (Fsp3) is 0.105. The first-order valence-corrected chi connectivity index (χ1v) is 7.60. The van der Waals surface area contributed by atoms with Gasteiger partial charge in [-0.15, -0.1) is 0 Å². The summed E-state index contributed by atoms with van der Waals surface area (Å²) in [6.45, 7) is 3.35. The topological polar surface area (TPSA) is 94.0 Å².